The largest absolute Gasteiger partial charge is 0.497 e. The molecule has 0 bridgehead atoms. The number of carbonyl (C=O) groups excluding carboxylic acids is 1. The maximum Gasteiger partial charge on any atom is 0.270 e. The second-order valence-corrected chi connectivity index (χ2v) is 7.62. The Bertz CT molecular complexity index is 1310. The van der Waals surface area contributed by atoms with Crippen LogP contribution in [-0.4, -0.2) is 36.7 Å². The summed E-state index contributed by atoms with van der Waals surface area (Å²) in [5.74, 6) is 2.61. The van der Waals surface area contributed by atoms with E-state index in [1.807, 2.05) is 66.7 Å². The molecule has 0 fully saturated rings. The van der Waals surface area contributed by atoms with Crippen LogP contribution in [0.2, 0.25) is 0 Å². The molecule has 1 aliphatic heterocycles. The van der Waals surface area contributed by atoms with Gasteiger partial charge in [-0.1, -0.05) is 6.07 Å². The predicted molar refractivity (Wildman–Crippen MR) is 126 cm³/mol. The molecule has 0 atom stereocenters. The number of amides is 1. The van der Waals surface area contributed by atoms with Crippen LogP contribution in [0.1, 0.15) is 16.1 Å². The Morgan fingerprint density at radius 3 is 2.29 bits per heavy atom. The number of nitrogens with zero attached hydrogens (tertiary/aromatic N) is 2. The minimum atomic E-state index is -0.249. The highest BCUT2D eigenvalue weighted by Crippen LogP contribution is 2.32. The van der Waals surface area contributed by atoms with Crippen molar-refractivity contribution in [1.29, 1.82) is 0 Å². The van der Waals surface area contributed by atoms with Crippen molar-refractivity contribution < 1.29 is 23.7 Å². The van der Waals surface area contributed by atoms with Crippen LogP contribution < -0.4 is 24.3 Å². The average Bonchev–Trinajstić information content (AvgIpc) is 3.55. The van der Waals surface area contributed by atoms with E-state index in [2.05, 4.69) is 5.32 Å². The molecule has 8 heteroatoms. The monoisotopic (exact) mass is 457 g/mol. The lowest BCUT2D eigenvalue weighted by atomic mass is 10.1. The molecule has 172 valence electrons. The lowest BCUT2D eigenvalue weighted by Gasteiger charge is -2.09. The van der Waals surface area contributed by atoms with Crippen LogP contribution in [-0.2, 0) is 6.54 Å². The second kappa shape index (κ2) is 9.19. The standard InChI is InChI=1S/C26H23N3O5/c1-31-20-8-4-18(5-9-20)22-14-23(29(28-22)19-6-10-21(32-2)11-7-19)26(30)27-15-17-3-12-24-25(13-17)34-16-33-24/h3-14H,15-16H2,1-2H3,(H,27,30). The Morgan fingerprint density at radius 2 is 1.59 bits per heavy atom. The minimum Gasteiger partial charge on any atom is -0.497 e. The number of benzene rings is 3. The highest BCUT2D eigenvalue weighted by atomic mass is 16.7. The van der Waals surface area contributed by atoms with Crippen molar-refractivity contribution in [2.75, 3.05) is 21.0 Å². The third-order valence-electron chi connectivity index (χ3n) is 5.53. The SMILES string of the molecule is COc1ccc(-c2cc(C(=O)NCc3ccc4c(c3)OCO4)n(-c3ccc(OC)cc3)n2)cc1. The summed E-state index contributed by atoms with van der Waals surface area (Å²) in [5.41, 5.74) is 3.61. The number of aromatic nitrogens is 2. The fourth-order valence-corrected chi connectivity index (χ4v) is 3.69. The van der Waals surface area contributed by atoms with Crippen molar-refractivity contribution >= 4 is 5.91 Å². The van der Waals surface area contributed by atoms with Gasteiger partial charge in [-0.15, -0.1) is 0 Å². The molecule has 3 aromatic carbocycles. The molecule has 0 unspecified atom stereocenters. The first-order chi connectivity index (χ1) is 16.6. The third kappa shape index (κ3) is 4.25. The molecular weight excluding hydrogens is 434 g/mol. The van der Waals surface area contributed by atoms with E-state index in [-0.39, 0.29) is 12.7 Å². The molecule has 5 rings (SSSR count). The molecule has 0 saturated heterocycles. The molecule has 0 spiro atoms. The lowest BCUT2D eigenvalue weighted by molar-refractivity contribution is 0.0943. The highest BCUT2D eigenvalue weighted by Gasteiger charge is 2.19. The van der Waals surface area contributed by atoms with E-state index < -0.39 is 0 Å². The van der Waals surface area contributed by atoms with Gasteiger partial charge < -0.3 is 24.3 Å². The molecule has 4 aromatic rings. The first kappa shape index (κ1) is 21.4. The third-order valence-corrected chi connectivity index (χ3v) is 5.53. The van der Waals surface area contributed by atoms with Crippen LogP contribution in [0.5, 0.6) is 23.0 Å². The first-order valence-electron chi connectivity index (χ1n) is 10.7. The number of ether oxygens (including phenoxy) is 4. The van der Waals surface area contributed by atoms with Gasteiger partial charge in [0, 0.05) is 12.1 Å². The van der Waals surface area contributed by atoms with Gasteiger partial charge in [0.2, 0.25) is 6.79 Å². The topological polar surface area (TPSA) is 83.8 Å². The highest BCUT2D eigenvalue weighted by molar-refractivity contribution is 5.94. The van der Waals surface area contributed by atoms with Crippen molar-refractivity contribution in [1.82, 2.24) is 15.1 Å². The van der Waals surface area contributed by atoms with Gasteiger partial charge in [0.25, 0.3) is 5.91 Å². The average molecular weight is 457 g/mol. The van der Waals surface area contributed by atoms with Gasteiger partial charge in [-0.2, -0.15) is 5.10 Å². The Kier molecular flexibility index (Phi) is 5.78. The molecule has 1 aliphatic rings. The summed E-state index contributed by atoms with van der Waals surface area (Å²) < 4.78 is 22.9. The van der Waals surface area contributed by atoms with Crippen molar-refractivity contribution in [3.63, 3.8) is 0 Å². The molecular formula is C26H23N3O5. The Labute approximate surface area is 196 Å². The number of hydrogen-bond acceptors (Lipinski definition) is 6. The molecule has 0 saturated carbocycles. The van der Waals surface area contributed by atoms with Crippen molar-refractivity contribution in [3.8, 4) is 39.9 Å². The van der Waals surface area contributed by atoms with E-state index in [0.717, 1.165) is 28.3 Å². The van der Waals surface area contributed by atoms with Crippen molar-refractivity contribution in [3.05, 3.63) is 84.1 Å². The Balaban J connectivity index is 1.44. The maximum absolute atomic E-state index is 13.2. The van der Waals surface area contributed by atoms with Gasteiger partial charge in [-0.3, -0.25) is 4.79 Å². The molecule has 0 radical (unpaired) electrons. The predicted octanol–water partition coefficient (Wildman–Crippen LogP) is 4.22. The Morgan fingerprint density at radius 1 is 0.912 bits per heavy atom. The molecule has 0 aliphatic carbocycles. The summed E-state index contributed by atoms with van der Waals surface area (Å²) in [6.07, 6.45) is 0. The van der Waals surface area contributed by atoms with E-state index in [1.165, 1.54) is 0 Å². The van der Waals surface area contributed by atoms with Crippen LogP contribution in [0.25, 0.3) is 16.9 Å². The number of hydrogen-bond donors (Lipinski definition) is 1. The van der Waals surface area contributed by atoms with Gasteiger partial charge in [-0.05, 0) is 72.3 Å². The fourth-order valence-electron chi connectivity index (χ4n) is 3.69. The summed E-state index contributed by atoms with van der Waals surface area (Å²) in [5, 5.41) is 7.70. The smallest absolute Gasteiger partial charge is 0.270 e. The first-order valence-corrected chi connectivity index (χ1v) is 10.7. The van der Waals surface area contributed by atoms with Gasteiger partial charge in [0.05, 0.1) is 25.6 Å². The van der Waals surface area contributed by atoms with E-state index in [4.69, 9.17) is 24.0 Å². The van der Waals surface area contributed by atoms with Crippen LogP contribution in [0, 0.1) is 0 Å². The number of fused-ring (bicyclic) bond motifs is 1. The Hall–Kier alpha value is -4.46. The summed E-state index contributed by atoms with van der Waals surface area (Å²) in [6, 6.07) is 22.3. The van der Waals surface area contributed by atoms with E-state index in [1.54, 1.807) is 25.0 Å². The zero-order chi connectivity index (χ0) is 23.5. The minimum absolute atomic E-state index is 0.209. The molecule has 2 heterocycles. The molecule has 1 amide bonds. The van der Waals surface area contributed by atoms with E-state index >= 15 is 0 Å². The zero-order valence-corrected chi connectivity index (χ0v) is 18.8. The fraction of sp³-hybridized carbons (Fsp3) is 0.154. The maximum atomic E-state index is 13.2. The summed E-state index contributed by atoms with van der Waals surface area (Å²) >= 11 is 0. The quantitative estimate of drug-likeness (QED) is 0.448. The zero-order valence-electron chi connectivity index (χ0n) is 18.8. The number of rotatable bonds is 7. The number of carbonyl (C=O) groups is 1. The summed E-state index contributed by atoms with van der Waals surface area (Å²) in [4.78, 5) is 13.2. The van der Waals surface area contributed by atoms with Crippen molar-refractivity contribution in [2.24, 2.45) is 0 Å². The van der Waals surface area contributed by atoms with Gasteiger partial charge in [0.15, 0.2) is 11.5 Å². The van der Waals surface area contributed by atoms with Gasteiger partial charge in [-0.25, -0.2) is 4.68 Å². The summed E-state index contributed by atoms with van der Waals surface area (Å²) in [7, 11) is 3.23. The van der Waals surface area contributed by atoms with Crippen LogP contribution in [0.4, 0.5) is 0 Å². The van der Waals surface area contributed by atoms with Gasteiger partial charge >= 0.3 is 0 Å². The van der Waals surface area contributed by atoms with E-state index in [0.29, 0.717) is 29.4 Å². The summed E-state index contributed by atoms with van der Waals surface area (Å²) in [6.45, 7) is 0.543. The molecule has 1 N–H and O–H groups in total. The number of methoxy groups -OCH3 is 2. The van der Waals surface area contributed by atoms with E-state index in [9.17, 15) is 4.79 Å². The number of nitrogens with one attached hydrogen (secondary N) is 1. The molecule has 1 aromatic heterocycles. The van der Waals surface area contributed by atoms with Crippen molar-refractivity contribution in [2.45, 2.75) is 6.54 Å². The molecule has 34 heavy (non-hydrogen) atoms. The van der Waals surface area contributed by atoms with Crippen LogP contribution in [0.15, 0.2) is 72.8 Å². The lowest BCUT2D eigenvalue weighted by Crippen LogP contribution is -2.25. The second-order valence-electron chi connectivity index (χ2n) is 7.62. The van der Waals surface area contributed by atoms with Gasteiger partial charge in [0.1, 0.15) is 17.2 Å². The van der Waals surface area contributed by atoms with Crippen LogP contribution >= 0.6 is 0 Å². The molecule has 8 nitrogen and oxygen atoms in total. The normalized spacial score (nSPS) is 11.8. The van der Waals surface area contributed by atoms with Crippen LogP contribution in [0.3, 0.4) is 0 Å².